The van der Waals surface area contributed by atoms with Crippen molar-refractivity contribution >= 4 is 17.4 Å². The molecular weight excluding hydrogens is 444 g/mol. The lowest BCUT2D eigenvalue weighted by molar-refractivity contribution is -0.123. The van der Waals surface area contributed by atoms with Gasteiger partial charge in [-0.1, -0.05) is 24.3 Å². The van der Waals surface area contributed by atoms with Crippen LogP contribution >= 0.6 is 0 Å². The average Bonchev–Trinajstić information content (AvgIpc) is 3.56. The largest absolute Gasteiger partial charge is 0.484 e. The summed E-state index contributed by atoms with van der Waals surface area (Å²) >= 11 is 0. The number of rotatable bonds is 8. The van der Waals surface area contributed by atoms with E-state index in [0.29, 0.717) is 30.6 Å². The molecule has 0 unspecified atom stereocenters. The van der Waals surface area contributed by atoms with Crippen molar-refractivity contribution in [2.45, 2.75) is 33.1 Å². The summed E-state index contributed by atoms with van der Waals surface area (Å²) < 4.78 is 11.3. The highest BCUT2D eigenvalue weighted by atomic mass is 16.5. The first-order chi connectivity index (χ1) is 17.0. The molecule has 0 radical (unpaired) electrons. The maximum atomic E-state index is 11.9. The predicted octanol–water partition coefficient (Wildman–Crippen LogP) is 4.21. The third-order valence-corrected chi connectivity index (χ3v) is 5.47. The minimum Gasteiger partial charge on any atom is -0.484 e. The fourth-order valence-electron chi connectivity index (χ4n) is 3.81. The summed E-state index contributed by atoms with van der Waals surface area (Å²) in [6.45, 7) is 4.66. The summed E-state index contributed by atoms with van der Waals surface area (Å²) in [5.41, 5.74) is 5.60. The second-order valence-corrected chi connectivity index (χ2v) is 8.54. The molecule has 9 nitrogen and oxygen atoms in total. The van der Waals surface area contributed by atoms with Crippen LogP contribution in [0.5, 0.6) is 5.75 Å². The molecule has 1 amide bonds. The normalized spacial score (nSPS) is 12.4. The first-order valence-corrected chi connectivity index (χ1v) is 11.4. The van der Waals surface area contributed by atoms with Gasteiger partial charge < -0.3 is 20.1 Å². The average molecular weight is 471 g/mol. The molecule has 0 saturated heterocycles. The minimum atomic E-state index is -0.165. The van der Waals surface area contributed by atoms with E-state index in [1.165, 1.54) is 0 Å². The van der Waals surface area contributed by atoms with Gasteiger partial charge in [0.25, 0.3) is 5.91 Å². The Hall–Kier alpha value is -4.24. The highest BCUT2D eigenvalue weighted by Gasteiger charge is 2.21. The second kappa shape index (κ2) is 9.94. The highest BCUT2D eigenvalue weighted by Crippen LogP contribution is 2.31. The molecule has 35 heavy (non-hydrogen) atoms. The zero-order chi connectivity index (χ0) is 24.2. The van der Waals surface area contributed by atoms with E-state index in [0.717, 1.165) is 33.6 Å². The second-order valence-electron chi connectivity index (χ2n) is 8.54. The molecule has 1 aliphatic heterocycles. The van der Waals surface area contributed by atoms with E-state index in [-0.39, 0.29) is 18.6 Å². The number of benzene rings is 2. The van der Waals surface area contributed by atoms with E-state index in [9.17, 15) is 4.79 Å². The number of fused-ring (bicyclic) bond motifs is 1. The molecule has 0 saturated carbocycles. The van der Waals surface area contributed by atoms with Crippen LogP contribution in [-0.4, -0.2) is 38.7 Å². The van der Waals surface area contributed by atoms with Gasteiger partial charge in [-0.2, -0.15) is 5.10 Å². The van der Waals surface area contributed by atoms with Gasteiger partial charge in [-0.3, -0.25) is 9.89 Å². The summed E-state index contributed by atoms with van der Waals surface area (Å²) in [7, 11) is 0. The Morgan fingerprint density at radius 3 is 2.71 bits per heavy atom. The lowest BCUT2D eigenvalue weighted by Gasteiger charge is -2.13. The zero-order valence-electron chi connectivity index (χ0n) is 19.5. The number of H-pyrrole nitrogens is 1. The highest BCUT2D eigenvalue weighted by molar-refractivity contribution is 5.77. The number of amides is 1. The number of aromatic amines is 1. The molecule has 0 bridgehead atoms. The molecular formula is C26H26N6O3. The SMILES string of the molecule is CC(C)NC(=O)COc1cccc(-c2nc3c(c(Nc4ccc(-c5cn[nH]c5)cc4)n2)COC3)c1. The summed E-state index contributed by atoms with van der Waals surface area (Å²) in [5, 5.41) is 13.1. The van der Waals surface area contributed by atoms with Crippen LogP contribution in [0.3, 0.4) is 0 Å². The molecule has 0 spiro atoms. The lowest BCUT2D eigenvalue weighted by atomic mass is 10.1. The summed E-state index contributed by atoms with van der Waals surface area (Å²) in [6.07, 6.45) is 3.65. The van der Waals surface area contributed by atoms with Crippen molar-refractivity contribution in [3.05, 3.63) is 72.2 Å². The topological polar surface area (TPSA) is 114 Å². The number of carbonyl (C=O) groups is 1. The maximum Gasteiger partial charge on any atom is 0.258 e. The molecule has 0 atom stereocenters. The van der Waals surface area contributed by atoms with Crippen molar-refractivity contribution in [2.75, 3.05) is 11.9 Å². The van der Waals surface area contributed by atoms with Gasteiger partial charge in [0.2, 0.25) is 0 Å². The van der Waals surface area contributed by atoms with Gasteiger partial charge in [0.05, 0.1) is 25.1 Å². The zero-order valence-corrected chi connectivity index (χ0v) is 19.5. The van der Waals surface area contributed by atoms with E-state index in [2.05, 4.69) is 20.8 Å². The van der Waals surface area contributed by atoms with Crippen LogP contribution in [0, 0.1) is 0 Å². The fourth-order valence-corrected chi connectivity index (χ4v) is 3.81. The predicted molar refractivity (Wildman–Crippen MR) is 132 cm³/mol. The molecule has 178 valence electrons. The summed E-state index contributed by atoms with van der Waals surface area (Å²) in [5.74, 6) is 1.68. The maximum absolute atomic E-state index is 11.9. The van der Waals surface area contributed by atoms with E-state index in [4.69, 9.17) is 19.4 Å². The number of hydrogen-bond acceptors (Lipinski definition) is 7. The minimum absolute atomic E-state index is 0.0534. The molecule has 0 aliphatic carbocycles. The van der Waals surface area contributed by atoms with Crippen LogP contribution in [0.2, 0.25) is 0 Å². The first-order valence-electron chi connectivity index (χ1n) is 11.4. The van der Waals surface area contributed by atoms with Gasteiger partial charge in [0, 0.05) is 34.6 Å². The van der Waals surface area contributed by atoms with Gasteiger partial charge in [-0.25, -0.2) is 9.97 Å². The lowest BCUT2D eigenvalue weighted by Crippen LogP contribution is -2.34. The molecule has 2 aromatic carbocycles. The number of anilines is 2. The van der Waals surface area contributed by atoms with Crippen LogP contribution in [0.25, 0.3) is 22.5 Å². The quantitative estimate of drug-likeness (QED) is 0.353. The molecule has 5 rings (SSSR count). The Labute approximate surface area is 202 Å². The van der Waals surface area contributed by atoms with Crippen molar-refractivity contribution in [2.24, 2.45) is 0 Å². The van der Waals surface area contributed by atoms with Gasteiger partial charge in [-0.05, 0) is 43.7 Å². The van der Waals surface area contributed by atoms with Crippen molar-refractivity contribution in [1.29, 1.82) is 0 Å². The van der Waals surface area contributed by atoms with Crippen LogP contribution < -0.4 is 15.4 Å². The third-order valence-electron chi connectivity index (χ3n) is 5.47. The van der Waals surface area contributed by atoms with Gasteiger partial charge in [-0.15, -0.1) is 0 Å². The summed E-state index contributed by atoms with van der Waals surface area (Å²) in [6, 6.07) is 15.6. The smallest absolute Gasteiger partial charge is 0.258 e. The van der Waals surface area contributed by atoms with Crippen molar-refractivity contribution in [3.63, 3.8) is 0 Å². The van der Waals surface area contributed by atoms with E-state index >= 15 is 0 Å². The third kappa shape index (κ3) is 5.30. The number of ether oxygens (including phenoxy) is 2. The van der Waals surface area contributed by atoms with Crippen LogP contribution in [-0.2, 0) is 22.7 Å². The number of carbonyl (C=O) groups excluding carboxylic acids is 1. The van der Waals surface area contributed by atoms with E-state index < -0.39 is 0 Å². The van der Waals surface area contributed by atoms with Crippen LogP contribution in [0.1, 0.15) is 25.1 Å². The Morgan fingerprint density at radius 2 is 1.94 bits per heavy atom. The standard InChI is InChI=1S/C26H26N6O3/c1-16(2)29-24(33)15-35-21-5-3-4-18(10-21)25-31-23-14-34-13-22(23)26(32-25)30-20-8-6-17(7-9-20)19-11-27-28-12-19/h3-12,16H,13-15H2,1-2H3,(H,27,28)(H,29,33)(H,30,31,32). The number of aromatic nitrogens is 4. The number of hydrogen-bond donors (Lipinski definition) is 3. The molecule has 3 heterocycles. The molecule has 4 aromatic rings. The first kappa shape index (κ1) is 22.5. The Kier molecular flexibility index (Phi) is 6.40. The molecule has 0 fully saturated rings. The Morgan fingerprint density at radius 1 is 1.09 bits per heavy atom. The number of nitrogens with one attached hydrogen (secondary N) is 3. The molecule has 2 aromatic heterocycles. The van der Waals surface area contributed by atoms with Crippen molar-refractivity contribution in [1.82, 2.24) is 25.5 Å². The number of nitrogens with zero attached hydrogens (tertiary/aromatic N) is 3. The van der Waals surface area contributed by atoms with Crippen LogP contribution in [0.4, 0.5) is 11.5 Å². The van der Waals surface area contributed by atoms with E-state index in [1.54, 1.807) is 6.20 Å². The van der Waals surface area contributed by atoms with Crippen molar-refractivity contribution in [3.8, 4) is 28.3 Å². The van der Waals surface area contributed by atoms with Crippen LogP contribution in [0.15, 0.2) is 60.9 Å². The molecule has 9 heteroatoms. The molecule has 3 N–H and O–H groups in total. The monoisotopic (exact) mass is 470 g/mol. The van der Waals surface area contributed by atoms with Gasteiger partial charge >= 0.3 is 0 Å². The van der Waals surface area contributed by atoms with Gasteiger partial charge in [0.15, 0.2) is 12.4 Å². The summed E-state index contributed by atoms with van der Waals surface area (Å²) in [4.78, 5) is 21.5. The Balaban J connectivity index is 1.37. The van der Waals surface area contributed by atoms with Crippen molar-refractivity contribution < 1.29 is 14.3 Å². The fraction of sp³-hybridized carbons (Fsp3) is 0.231. The van der Waals surface area contributed by atoms with Gasteiger partial charge in [0.1, 0.15) is 11.6 Å². The Bertz CT molecular complexity index is 1320. The van der Waals surface area contributed by atoms with E-state index in [1.807, 2.05) is 68.6 Å². The molecule has 1 aliphatic rings.